The van der Waals surface area contributed by atoms with Crippen molar-refractivity contribution in [2.24, 2.45) is 0 Å². The van der Waals surface area contributed by atoms with Gasteiger partial charge in [-0.2, -0.15) is 0 Å². The predicted octanol–water partition coefficient (Wildman–Crippen LogP) is 4.23. The van der Waals surface area contributed by atoms with Crippen molar-refractivity contribution in [2.45, 2.75) is 6.54 Å². The smallest absolute Gasteiger partial charge is 0.274 e. The van der Waals surface area contributed by atoms with Crippen LogP contribution in [0.4, 0.5) is 20.2 Å². The van der Waals surface area contributed by atoms with Gasteiger partial charge in [0.25, 0.3) is 5.91 Å². The molecule has 3 rings (SSSR count). The number of anilines is 2. The van der Waals surface area contributed by atoms with E-state index in [1.807, 2.05) is 24.3 Å². The Hall–Kier alpha value is -3.48. The van der Waals surface area contributed by atoms with Gasteiger partial charge in [-0.25, -0.2) is 8.78 Å². The number of aromatic nitrogens is 1. The molecule has 1 heterocycles. The van der Waals surface area contributed by atoms with Gasteiger partial charge in [-0.1, -0.05) is 18.2 Å². The molecule has 0 aliphatic heterocycles. The number of hydrogen-bond acceptors (Lipinski definition) is 4. The van der Waals surface area contributed by atoms with Gasteiger partial charge in [0.05, 0.1) is 7.11 Å². The van der Waals surface area contributed by atoms with Crippen LogP contribution in [-0.2, 0) is 6.54 Å². The van der Waals surface area contributed by atoms with Gasteiger partial charge in [-0.15, -0.1) is 0 Å². The number of halogens is 2. The average molecular weight is 369 g/mol. The van der Waals surface area contributed by atoms with Crippen LogP contribution in [0, 0.1) is 11.6 Å². The second kappa shape index (κ2) is 8.27. The maximum atomic E-state index is 13.7. The molecule has 0 aliphatic carbocycles. The number of amides is 1. The van der Waals surface area contributed by atoms with E-state index in [0.29, 0.717) is 12.2 Å². The zero-order chi connectivity index (χ0) is 19.2. The lowest BCUT2D eigenvalue weighted by molar-refractivity contribution is 0.102. The number of carbonyl (C=O) groups is 1. The molecule has 3 aromatic rings. The number of nitrogens with one attached hydrogen (secondary N) is 2. The van der Waals surface area contributed by atoms with Crippen LogP contribution in [0.3, 0.4) is 0 Å². The van der Waals surface area contributed by atoms with Crippen LogP contribution in [0.2, 0.25) is 0 Å². The van der Waals surface area contributed by atoms with Gasteiger partial charge >= 0.3 is 0 Å². The van der Waals surface area contributed by atoms with E-state index in [2.05, 4.69) is 15.6 Å². The Balaban J connectivity index is 1.68. The highest BCUT2D eigenvalue weighted by Crippen LogP contribution is 2.19. The fourth-order valence-electron chi connectivity index (χ4n) is 2.41. The Morgan fingerprint density at radius 3 is 2.44 bits per heavy atom. The molecule has 0 radical (unpaired) electrons. The summed E-state index contributed by atoms with van der Waals surface area (Å²) >= 11 is 0. The maximum absolute atomic E-state index is 13.7. The van der Waals surface area contributed by atoms with Crippen molar-refractivity contribution < 1.29 is 18.3 Å². The number of para-hydroxylation sites is 1. The fraction of sp³-hybridized carbons (Fsp3) is 0.100. The minimum atomic E-state index is -0.850. The van der Waals surface area contributed by atoms with Gasteiger partial charge in [0.2, 0.25) is 0 Å². The van der Waals surface area contributed by atoms with Crippen molar-refractivity contribution >= 4 is 17.3 Å². The van der Waals surface area contributed by atoms with E-state index in [1.165, 1.54) is 18.3 Å². The van der Waals surface area contributed by atoms with Gasteiger partial charge in [0.15, 0.2) is 0 Å². The molecule has 7 heteroatoms. The van der Waals surface area contributed by atoms with E-state index < -0.39 is 23.2 Å². The normalized spacial score (nSPS) is 10.3. The Labute approximate surface area is 155 Å². The molecule has 2 aromatic carbocycles. The molecular formula is C20H17F2N3O2. The Bertz CT molecular complexity index is 926. The van der Waals surface area contributed by atoms with Crippen LogP contribution >= 0.6 is 0 Å². The van der Waals surface area contributed by atoms with Crippen molar-refractivity contribution in [2.75, 3.05) is 17.7 Å². The molecule has 0 spiro atoms. The molecule has 0 aliphatic rings. The number of hydrogen-bond donors (Lipinski definition) is 2. The summed E-state index contributed by atoms with van der Waals surface area (Å²) < 4.78 is 32.5. The first-order chi connectivity index (χ1) is 13.1. The van der Waals surface area contributed by atoms with Crippen molar-refractivity contribution in [3.05, 3.63) is 83.7 Å². The summed E-state index contributed by atoms with van der Waals surface area (Å²) in [6.45, 7) is 0.525. The lowest BCUT2D eigenvalue weighted by Gasteiger charge is -2.10. The lowest BCUT2D eigenvalue weighted by atomic mass is 10.2. The summed E-state index contributed by atoms with van der Waals surface area (Å²) in [6, 6.07) is 14.1. The first-order valence-corrected chi connectivity index (χ1v) is 8.15. The second-order valence-electron chi connectivity index (χ2n) is 5.68. The van der Waals surface area contributed by atoms with Crippen molar-refractivity contribution in [3.63, 3.8) is 0 Å². The summed E-state index contributed by atoms with van der Waals surface area (Å²) in [5.74, 6) is -1.64. The summed E-state index contributed by atoms with van der Waals surface area (Å²) in [4.78, 5) is 16.2. The minimum absolute atomic E-state index is 0.0392. The average Bonchev–Trinajstić information content (AvgIpc) is 2.70. The maximum Gasteiger partial charge on any atom is 0.274 e. The first kappa shape index (κ1) is 18.3. The van der Waals surface area contributed by atoms with Crippen molar-refractivity contribution in [3.8, 4) is 5.75 Å². The van der Waals surface area contributed by atoms with Crippen LogP contribution < -0.4 is 15.4 Å². The molecule has 1 amide bonds. The number of benzene rings is 2. The third kappa shape index (κ3) is 4.58. The van der Waals surface area contributed by atoms with E-state index in [-0.39, 0.29) is 5.69 Å². The SMILES string of the molecule is COc1ccc(CNc2ccnc(C(=O)Nc3c(F)cccc3F)c2)cc1. The Morgan fingerprint density at radius 1 is 1.07 bits per heavy atom. The molecule has 1 aromatic heterocycles. The van der Waals surface area contributed by atoms with Gasteiger partial charge < -0.3 is 15.4 Å². The van der Waals surface area contributed by atoms with E-state index in [9.17, 15) is 13.6 Å². The number of ether oxygens (including phenoxy) is 1. The van der Waals surface area contributed by atoms with E-state index in [1.54, 1.807) is 13.2 Å². The van der Waals surface area contributed by atoms with Crippen LogP contribution in [0.1, 0.15) is 16.1 Å². The van der Waals surface area contributed by atoms with Crippen molar-refractivity contribution in [1.82, 2.24) is 4.98 Å². The monoisotopic (exact) mass is 369 g/mol. The summed E-state index contributed by atoms with van der Waals surface area (Å²) in [5.41, 5.74) is 1.21. The van der Waals surface area contributed by atoms with Crippen LogP contribution in [0.25, 0.3) is 0 Å². The Kier molecular flexibility index (Phi) is 5.61. The standard InChI is InChI=1S/C20H17F2N3O2/c1-27-15-7-5-13(6-8-15)12-24-14-9-10-23-18(11-14)20(26)25-19-16(21)3-2-4-17(19)22/h2-11H,12H2,1H3,(H,23,24)(H,25,26). The van der Waals surface area contributed by atoms with Gasteiger partial charge in [-0.3, -0.25) is 9.78 Å². The molecule has 138 valence electrons. The molecule has 2 N–H and O–H groups in total. The number of carbonyl (C=O) groups excluding carboxylic acids is 1. The topological polar surface area (TPSA) is 63.2 Å². The highest BCUT2D eigenvalue weighted by Gasteiger charge is 2.14. The van der Waals surface area contributed by atoms with E-state index in [0.717, 1.165) is 23.4 Å². The lowest BCUT2D eigenvalue weighted by Crippen LogP contribution is -2.16. The molecule has 0 unspecified atom stereocenters. The third-order valence-corrected chi connectivity index (χ3v) is 3.85. The van der Waals surface area contributed by atoms with Crippen LogP contribution in [0.15, 0.2) is 60.8 Å². The summed E-state index contributed by atoms with van der Waals surface area (Å²) in [5, 5.41) is 5.39. The third-order valence-electron chi connectivity index (χ3n) is 3.85. The van der Waals surface area contributed by atoms with Gasteiger partial charge in [0.1, 0.15) is 28.8 Å². The number of nitrogens with zero attached hydrogens (tertiary/aromatic N) is 1. The zero-order valence-corrected chi connectivity index (χ0v) is 14.5. The number of rotatable bonds is 6. The minimum Gasteiger partial charge on any atom is -0.497 e. The van der Waals surface area contributed by atoms with Gasteiger partial charge in [-0.05, 0) is 42.0 Å². The number of pyridine rings is 1. The van der Waals surface area contributed by atoms with E-state index in [4.69, 9.17) is 4.74 Å². The van der Waals surface area contributed by atoms with E-state index >= 15 is 0 Å². The fourth-order valence-corrected chi connectivity index (χ4v) is 2.41. The molecule has 0 saturated heterocycles. The Morgan fingerprint density at radius 2 is 1.78 bits per heavy atom. The largest absolute Gasteiger partial charge is 0.497 e. The zero-order valence-electron chi connectivity index (χ0n) is 14.5. The quantitative estimate of drug-likeness (QED) is 0.682. The molecule has 0 bridgehead atoms. The molecule has 0 atom stereocenters. The molecular weight excluding hydrogens is 352 g/mol. The van der Waals surface area contributed by atoms with Crippen molar-refractivity contribution in [1.29, 1.82) is 0 Å². The van der Waals surface area contributed by atoms with Crippen LogP contribution in [0.5, 0.6) is 5.75 Å². The molecule has 27 heavy (non-hydrogen) atoms. The summed E-state index contributed by atoms with van der Waals surface area (Å²) in [6.07, 6.45) is 1.45. The molecule has 0 saturated carbocycles. The first-order valence-electron chi connectivity index (χ1n) is 8.15. The predicted molar refractivity (Wildman–Crippen MR) is 98.9 cm³/mol. The molecule has 0 fully saturated rings. The summed E-state index contributed by atoms with van der Waals surface area (Å²) in [7, 11) is 1.60. The molecule has 5 nitrogen and oxygen atoms in total. The van der Waals surface area contributed by atoms with Crippen LogP contribution in [-0.4, -0.2) is 18.0 Å². The highest BCUT2D eigenvalue weighted by molar-refractivity contribution is 6.03. The second-order valence-corrected chi connectivity index (χ2v) is 5.68. The van der Waals surface area contributed by atoms with Gasteiger partial charge in [0, 0.05) is 18.4 Å². The highest BCUT2D eigenvalue weighted by atomic mass is 19.1. The number of methoxy groups -OCH3 is 1.